The van der Waals surface area contributed by atoms with Crippen LogP contribution in [-0.4, -0.2) is 27.6 Å². The Balaban J connectivity index is 1.91. The molecule has 1 aliphatic rings. The number of aromatic nitrogens is 2. The second-order valence-electron chi connectivity index (χ2n) is 4.21. The van der Waals surface area contributed by atoms with Crippen molar-refractivity contribution in [2.45, 2.75) is 26.3 Å². The van der Waals surface area contributed by atoms with Gasteiger partial charge in [-0.25, -0.2) is 4.98 Å². The van der Waals surface area contributed by atoms with E-state index in [2.05, 4.69) is 14.8 Å². The van der Waals surface area contributed by atoms with E-state index < -0.39 is 0 Å². The van der Waals surface area contributed by atoms with Crippen molar-refractivity contribution in [3.05, 3.63) is 23.1 Å². The van der Waals surface area contributed by atoms with E-state index in [1.807, 2.05) is 19.4 Å². The molecule has 0 bridgehead atoms. The van der Waals surface area contributed by atoms with Crippen LogP contribution in [0.4, 0.5) is 0 Å². The summed E-state index contributed by atoms with van der Waals surface area (Å²) in [6, 6.07) is 0. The molecule has 0 amide bonds. The molecule has 0 unspecified atom stereocenters. The Morgan fingerprint density at radius 3 is 3.20 bits per heavy atom. The molecule has 1 atom stereocenters. The molecule has 2 heterocycles. The Morgan fingerprint density at radius 1 is 1.67 bits per heavy atom. The highest BCUT2D eigenvalue weighted by molar-refractivity contribution is 4.92. The van der Waals surface area contributed by atoms with Gasteiger partial charge in [-0.05, 0) is 25.7 Å². The second kappa shape index (κ2) is 4.42. The Hall–Kier alpha value is -1.39. The lowest BCUT2D eigenvalue weighted by Gasteiger charge is -2.28. The van der Waals surface area contributed by atoms with E-state index in [9.17, 15) is 4.91 Å². The summed E-state index contributed by atoms with van der Waals surface area (Å²) in [6.45, 7) is 4.51. The van der Waals surface area contributed by atoms with Crippen LogP contribution in [0.5, 0.6) is 0 Å². The Bertz CT molecular complexity index is 336. The third-order valence-corrected chi connectivity index (χ3v) is 2.84. The van der Waals surface area contributed by atoms with Crippen molar-refractivity contribution < 1.29 is 0 Å². The van der Waals surface area contributed by atoms with E-state index in [0.29, 0.717) is 5.92 Å². The minimum absolute atomic E-state index is 0.519. The molecule has 1 fully saturated rings. The largest absolute Gasteiger partial charge is 0.337 e. The molecule has 0 N–H and O–H groups in total. The molecule has 1 saturated heterocycles. The number of aryl methyl sites for hydroxylation is 1. The van der Waals surface area contributed by atoms with Gasteiger partial charge in [-0.1, -0.05) is 0 Å². The zero-order valence-corrected chi connectivity index (χ0v) is 8.96. The van der Waals surface area contributed by atoms with Crippen LogP contribution in [0, 0.1) is 17.7 Å². The van der Waals surface area contributed by atoms with Crippen LogP contribution in [0.1, 0.15) is 18.5 Å². The van der Waals surface area contributed by atoms with E-state index in [4.69, 9.17) is 0 Å². The van der Waals surface area contributed by atoms with Crippen LogP contribution in [-0.2, 0) is 6.54 Å². The van der Waals surface area contributed by atoms with Crippen molar-refractivity contribution in [1.29, 1.82) is 0 Å². The average molecular weight is 208 g/mol. The molecule has 0 aromatic carbocycles. The third-order valence-electron chi connectivity index (χ3n) is 2.84. The maximum absolute atomic E-state index is 10.4. The number of nitroso groups, excluding NO2 is 1. The van der Waals surface area contributed by atoms with Gasteiger partial charge in [0.15, 0.2) is 0 Å². The van der Waals surface area contributed by atoms with Crippen LogP contribution in [0.2, 0.25) is 0 Å². The first-order valence-corrected chi connectivity index (χ1v) is 5.34. The van der Waals surface area contributed by atoms with E-state index >= 15 is 0 Å². The summed E-state index contributed by atoms with van der Waals surface area (Å²) in [7, 11) is 0. The Labute approximate surface area is 89.0 Å². The highest BCUT2D eigenvalue weighted by Crippen LogP contribution is 2.18. The van der Waals surface area contributed by atoms with Crippen molar-refractivity contribution in [3.63, 3.8) is 0 Å². The van der Waals surface area contributed by atoms with Crippen LogP contribution in [0.3, 0.4) is 0 Å². The number of rotatable bonds is 3. The molecule has 0 spiro atoms. The van der Waals surface area contributed by atoms with Gasteiger partial charge in [0.2, 0.25) is 0 Å². The van der Waals surface area contributed by atoms with Crippen LogP contribution >= 0.6 is 0 Å². The standard InChI is InChI=1S/C10H16N4O/c1-9-5-13(8-11-9)6-10-3-2-4-14(7-10)12-15/h5,8,10H,2-4,6-7H2,1H3/t10-/m0/s1. The molecule has 0 radical (unpaired) electrons. The minimum atomic E-state index is 0.519. The molecule has 1 aromatic rings. The zero-order chi connectivity index (χ0) is 10.7. The van der Waals surface area contributed by atoms with Gasteiger partial charge in [0.25, 0.3) is 0 Å². The fraction of sp³-hybridized carbons (Fsp3) is 0.700. The van der Waals surface area contributed by atoms with Crippen molar-refractivity contribution in [3.8, 4) is 0 Å². The molecule has 1 aliphatic heterocycles. The average Bonchev–Trinajstić information content (AvgIpc) is 2.64. The summed E-state index contributed by atoms with van der Waals surface area (Å²) in [5.74, 6) is 0.519. The van der Waals surface area contributed by atoms with Crippen molar-refractivity contribution >= 4 is 0 Å². The SMILES string of the molecule is Cc1cn(C[C@@H]2CCCN(N=O)C2)cn1. The predicted molar refractivity (Wildman–Crippen MR) is 57.1 cm³/mol. The first-order chi connectivity index (χ1) is 7.28. The molecule has 15 heavy (non-hydrogen) atoms. The summed E-state index contributed by atoms with van der Waals surface area (Å²) >= 11 is 0. The van der Waals surface area contributed by atoms with Crippen molar-refractivity contribution in [2.75, 3.05) is 13.1 Å². The van der Waals surface area contributed by atoms with E-state index in [1.54, 1.807) is 5.01 Å². The lowest BCUT2D eigenvalue weighted by Crippen LogP contribution is -2.33. The summed E-state index contributed by atoms with van der Waals surface area (Å²) < 4.78 is 2.09. The van der Waals surface area contributed by atoms with Gasteiger partial charge >= 0.3 is 0 Å². The van der Waals surface area contributed by atoms with Crippen LogP contribution < -0.4 is 0 Å². The van der Waals surface area contributed by atoms with E-state index in [-0.39, 0.29) is 0 Å². The molecule has 5 heteroatoms. The van der Waals surface area contributed by atoms with Crippen molar-refractivity contribution in [1.82, 2.24) is 14.6 Å². The number of hydrogen-bond acceptors (Lipinski definition) is 3. The summed E-state index contributed by atoms with van der Waals surface area (Å²) in [5, 5.41) is 4.63. The lowest BCUT2D eigenvalue weighted by atomic mass is 9.99. The number of imidazole rings is 1. The van der Waals surface area contributed by atoms with E-state index in [0.717, 1.165) is 31.7 Å². The van der Waals surface area contributed by atoms with Gasteiger partial charge in [0.05, 0.1) is 17.3 Å². The smallest absolute Gasteiger partial charge is 0.0949 e. The molecule has 1 aromatic heterocycles. The van der Waals surface area contributed by atoms with Crippen LogP contribution in [0.25, 0.3) is 0 Å². The van der Waals surface area contributed by atoms with E-state index in [1.165, 1.54) is 6.42 Å². The molecule has 2 rings (SSSR count). The fourth-order valence-corrected chi connectivity index (χ4v) is 2.14. The zero-order valence-electron chi connectivity index (χ0n) is 8.96. The Morgan fingerprint density at radius 2 is 2.53 bits per heavy atom. The lowest BCUT2D eigenvalue weighted by molar-refractivity contribution is 0.166. The molecule has 0 saturated carbocycles. The summed E-state index contributed by atoms with van der Waals surface area (Å²) in [4.78, 5) is 14.6. The fourth-order valence-electron chi connectivity index (χ4n) is 2.14. The number of nitrogens with zero attached hydrogens (tertiary/aromatic N) is 4. The monoisotopic (exact) mass is 208 g/mol. The van der Waals surface area contributed by atoms with Gasteiger partial charge in [-0.3, -0.25) is 5.01 Å². The van der Waals surface area contributed by atoms with Gasteiger partial charge in [0, 0.05) is 25.8 Å². The third kappa shape index (κ3) is 2.55. The van der Waals surface area contributed by atoms with Crippen LogP contribution in [0.15, 0.2) is 17.8 Å². The number of piperidine rings is 1. The maximum atomic E-state index is 10.4. The highest BCUT2D eigenvalue weighted by Gasteiger charge is 2.19. The molecular weight excluding hydrogens is 192 g/mol. The van der Waals surface area contributed by atoms with Gasteiger partial charge in [-0.15, -0.1) is 4.91 Å². The topological polar surface area (TPSA) is 50.5 Å². The molecule has 82 valence electrons. The summed E-state index contributed by atoms with van der Waals surface area (Å²) in [5.41, 5.74) is 1.04. The highest BCUT2D eigenvalue weighted by atomic mass is 16.3. The normalized spacial score (nSPS) is 21.7. The number of hydrogen-bond donors (Lipinski definition) is 0. The second-order valence-corrected chi connectivity index (χ2v) is 4.21. The summed E-state index contributed by atoms with van der Waals surface area (Å²) in [6.07, 6.45) is 6.11. The molecule has 5 nitrogen and oxygen atoms in total. The Kier molecular flexibility index (Phi) is 2.99. The van der Waals surface area contributed by atoms with Gasteiger partial charge in [0.1, 0.15) is 0 Å². The van der Waals surface area contributed by atoms with Gasteiger partial charge < -0.3 is 4.57 Å². The molecule has 0 aliphatic carbocycles. The quantitative estimate of drug-likeness (QED) is 0.709. The predicted octanol–water partition coefficient (Wildman–Crippen LogP) is 1.58. The minimum Gasteiger partial charge on any atom is -0.337 e. The first-order valence-electron chi connectivity index (χ1n) is 5.34. The van der Waals surface area contributed by atoms with Gasteiger partial charge in [-0.2, -0.15) is 0 Å². The van der Waals surface area contributed by atoms with Crippen molar-refractivity contribution in [2.24, 2.45) is 11.2 Å². The molecular formula is C10H16N4O. The first kappa shape index (κ1) is 10.1. The maximum Gasteiger partial charge on any atom is 0.0949 e.